The molecule has 2 aliphatic carbocycles. The number of fused-ring (bicyclic) bond motifs is 5. The average Bonchev–Trinajstić information content (AvgIpc) is 3.21. The fourth-order valence-corrected chi connectivity index (χ4v) is 6.79. The molecule has 5 nitrogen and oxygen atoms in total. The van der Waals surface area contributed by atoms with Crippen LogP contribution < -0.4 is 5.32 Å². The van der Waals surface area contributed by atoms with E-state index in [1.54, 1.807) is 19.1 Å². The summed E-state index contributed by atoms with van der Waals surface area (Å²) < 4.78 is 0.908. The number of carbonyl (C=O) groups excluding carboxylic acids is 3. The minimum Gasteiger partial charge on any atom is -0.324 e. The van der Waals surface area contributed by atoms with Crippen molar-refractivity contribution in [3.05, 3.63) is 28.7 Å². The summed E-state index contributed by atoms with van der Waals surface area (Å²) in [6.45, 7) is 1.62. The molecule has 138 valence electrons. The molecule has 3 amide bonds. The van der Waals surface area contributed by atoms with Crippen LogP contribution in [0.2, 0.25) is 0 Å². The highest BCUT2D eigenvalue weighted by Crippen LogP contribution is 2.60. The molecule has 1 heterocycles. The number of rotatable bonds is 3. The van der Waals surface area contributed by atoms with E-state index < -0.39 is 6.04 Å². The van der Waals surface area contributed by atoms with Crippen molar-refractivity contribution in [3.8, 4) is 0 Å². The van der Waals surface area contributed by atoms with Gasteiger partial charge in [0.1, 0.15) is 6.04 Å². The van der Waals surface area contributed by atoms with E-state index in [0.29, 0.717) is 5.69 Å². The van der Waals surface area contributed by atoms with Crippen LogP contribution in [0.3, 0.4) is 0 Å². The van der Waals surface area contributed by atoms with Gasteiger partial charge in [0.05, 0.1) is 11.8 Å². The van der Waals surface area contributed by atoms with Crippen LogP contribution in [0.25, 0.3) is 0 Å². The fraction of sp³-hybridized carbons (Fsp3) is 0.500. The van der Waals surface area contributed by atoms with Crippen molar-refractivity contribution >= 4 is 71.2 Å². The number of benzene rings is 1. The Hall–Kier alpha value is -0.730. The Labute approximate surface area is 176 Å². The van der Waals surface area contributed by atoms with Crippen LogP contribution >= 0.6 is 47.8 Å². The number of amides is 3. The fourth-order valence-electron chi connectivity index (χ4n) is 4.65. The lowest BCUT2D eigenvalue weighted by Crippen LogP contribution is -2.46. The van der Waals surface area contributed by atoms with Crippen LogP contribution in [-0.2, 0) is 14.4 Å². The lowest BCUT2D eigenvalue weighted by atomic mass is 9.81. The Balaban J connectivity index is 1.53. The van der Waals surface area contributed by atoms with Crippen LogP contribution in [0, 0.1) is 23.7 Å². The third kappa shape index (κ3) is 2.71. The van der Waals surface area contributed by atoms with Gasteiger partial charge in [-0.1, -0.05) is 47.8 Å². The predicted molar refractivity (Wildman–Crippen MR) is 108 cm³/mol. The molecule has 2 bridgehead atoms. The van der Waals surface area contributed by atoms with E-state index in [2.05, 4.69) is 53.1 Å². The highest BCUT2D eigenvalue weighted by molar-refractivity contribution is 9.12. The molecule has 26 heavy (non-hydrogen) atoms. The van der Waals surface area contributed by atoms with Crippen molar-refractivity contribution in [3.63, 3.8) is 0 Å². The van der Waals surface area contributed by atoms with E-state index >= 15 is 0 Å². The van der Waals surface area contributed by atoms with E-state index in [1.165, 1.54) is 4.90 Å². The molecule has 3 fully saturated rings. The summed E-state index contributed by atoms with van der Waals surface area (Å²) in [5.41, 5.74) is 0.630. The maximum absolute atomic E-state index is 13.0. The van der Waals surface area contributed by atoms with E-state index in [-0.39, 0.29) is 51.0 Å². The zero-order valence-electron chi connectivity index (χ0n) is 13.9. The van der Waals surface area contributed by atoms with Crippen LogP contribution in [0.15, 0.2) is 28.7 Å². The monoisotopic (exact) mass is 546 g/mol. The average molecular weight is 549 g/mol. The second kappa shape index (κ2) is 6.71. The lowest BCUT2D eigenvalue weighted by Gasteiger charge is -2.28. The quantitative estimate of drug-likeness (QED) is 0.464. The SMILES string of the molecule is C[C@@H](C(=O)Nc1ccc(Br)cc1)N1C(=O)[C@H]2[C@@H]3C[C@H]([C@@H](Br)[C@H]3Br)[C@@H]2C1=O. The highest BCUT2D eigenvalue weighted by atomic mass is 79.9. The third-order valence-corrected chi connectivity index (χ3v) is 9.63. The maximum Gasteiger partial charge on any atom is 0.247 e. The van der Waals surface area contributed by atoms with Gasteiger partial charge in [-0.15, -0.1) is 0 Å². The number of halogens is 3. The Morgan fingerprint density at radius 2 is 1.58 bits per heavy atom. The van der Waals surface area contributed by atoms with Crippen LogP contribution in [0.5, 0.6) is 0 Å². The summed E-state index contributed by atoms with van der Waals surface area (Å²) in [7, 11) is 0. The number of hydrogen-bond acceptors (Lipinski definition) is 3. The van der Waals surface area contributed by atoms with Gasteiger partial charge < -0.3 is 5.32 Å². The summed E-state index contributed by atoms with van der Waals surface area (Å²) in [4.78, 5) is 40.1. The summed E-state index contributed by atoms with van der Waals surface area (Å²) in [5.74, 6) is -1.05. The Morgan fingerprint density at radius 3 is 2.08 bits per heavy atom. The first kappa shape index (κ1) is 18.6. The number of alkyl halides is 2. The van der Waals surface area contributed by atoms with Crippen LogP contribution in [-0.4, -0.2) is 38.3 Å². The number of nitrogens with zero attached hydrogens (tertiary/aromatic N) is 1. The Kier molecular flexibility index (Phi) is 4.80. The van der Waals surface area contributed by atoms with Gasteiger partial charge in [0.15, 0.2) is 0 Å². The lowest BCUT2D eigenvalue weighted by molar-refractivity contribution is -0.146. The van der Waals surface area contributed by atoms with Crippen LogP contribution in [0.1, 0.15) is 13.3 Å². The summed E-state index contributed by atoms with van der Waals surface area (Å²) >= 11 is 10.7. The number of carbonyl (C=O) groups is 3. The van der Waals surface area contributed by atoms with Crippen molar-refractivity contribution < 1.29 is 14.4 Å². The molecule has 2 saturated carbocycles. The molecule has 3 aliphatic rings. The summed E-state index contributed by atoms with van der Waals surface area (Å²) in [5, 5.41) is 2.78. The molecular formula is C18H17Br3N2O3. The third-order valence-electron chi connectivity index (χ3n) is 5.90. The number of anilines is 1. The Morgan fingerprint density at radius 1 is 1.08 bits per heavy atom. The van der Waals surface area contributed by atoms with E-state index in [1.807, 2.05) is 12.1 Å². The van der Waals surface area contributed by atoms with Gasteiger partial charge in [-0.2, -0.15) is 0 Å². The molecular weight excluding hydrogens is 532 g/mol. The van der Waals surface area contributed by atoms with Gasteiger partial charge in [-0.05, 0) is 49.4 Å². The molecule has 1 aromatic carbocycles. The van der Waals surface area contributed by atoms with E-state index in [9.17, 15) is 14.4 Å². The smallest absolute Gasteiger partial charge is 0.247 e. The van der Waals surface area contributed by atoms with Gasteiger partial charge in [0.2, 0.25) is 17.7 Å². The molecule has 0 radical (unpaired) electrons. The molecule has 0 spiro atoms. The number of likely N-dealkylation sites (tertiary alicyclic amines) is 1. The Bertz CT molecular complexity index is 752. The van der Waals surface area contributed by atoms with Gasteiger partial charge in [-0.25, -0.2) is 0 Å². The number of hydrogen-bond donors (Lipinski definition) is 1. The van der Waals surface area contributed by atoms with Gasteiger partial charge in [0.25, 0.3) is 0 Å². The number of imide groups is 1. The second-order valence-electron chi connectivity index (χ2n) is 7.22. The van der Waals surface area contributed by atoms with Crippen LogP contribution in [0.4, 0.5) is 5.69 Å². The molecule has 1 aromatic rings. The molecule has 0 aromatic heterocycles. The first-order chi connectivity index (χ1) is 12.3. The minimum absolute atomic E-state index is 0.151. The van der Waals surface area contributed by atoms with E-state index in [0.717, 1.165) is 10.9 Å². The van der Waals surface area contributed by atoms with Crippen molar-refractivity contribution in [2.24, 2.45) is 23.7 Å². The van der Waals surface area contributed by atoms with E-state index in [4.69, 9.17) is 0 Å². The molecule has 1 saturated heterocycles. The standard InChI is InChI=1S/C18H17Br3N2O3/c1-7(16(24)22-9-4-2-8(19)3-5-9)23-17(25)12-10-6-11(13(12)18(23)26)15(21)14(10)20/h2-5,7,10-15H,6H2,1H3,(H,22,24)/t7-,10-,11-,12-,13-,14-,15+/m0/s1. The molecule has 1 aliphatic heterocycles. The highest BCUT2D eigenvalue weighted by Gasteiger charge is 2.67. The predicted octanol–water partition coefficient (Wildman–Crippen LogP) is 3.55. The summed E-state index contributed by atoms with van der Waals surface area (Å²) in [6, 6.07) is 6.34. The summed E-state index contributed by atoms with van der Waals surface area (Å²) in [6.07, 6.45) is 0.881. The normalized spacial score (nSPS) is 36.4. The zero-order valence-corrected chi connectivity index (χ0v) is 18.6. The maximum atomic E-state index is 13.0. The first-order valence-electron chi connectivity index (χ1n) is 8.52. The number of nitrogens with one attached hydrogen (secondary N) is 1. The van der Waals surface area contributed by atoms with Crippen molar-refractivity contribution in [2.45, 2.75) is 29.0 Å². The van der Waals surface area contributed by atoms with Gasteiger partial charge >= 0.3 is 0 Å². The molecule has 1 N–H and O–H groups in total. The first-order valence-corrected chi connectivity index (χ1v) is 11.1. The topological polar surface area (TPSA) is 66.5 Å². The molecule has 7 atom stereocenters. The zero-order chi connectivity index (χ0) is 18.7. The molecule has 0 unspecified atom stereocenters. The second-order valence-corrected chi connectivity index (χ2v) is 10.3. The minimum atomic E-state index is -0.828. The largest absolute Gasteiger partial charge is 0.324 e. The molecule has 8 heteroatoms. The van der Waals surface area contributed by atoms with Crippen molar-refractivity contribution in [1.82, 2.24) is 4.90 Å². The molecule has 4 rings (SSSR count). The van der Waals surface area contributed by atoms with Crippen molar-refractivity contribution in [1.29, 1.82) is 0 Å². The van der Waals surface area contributed by atoms with Crippen molar-refractivity contribution in [2.75, 3.05) is 5.32 Å². The van der Waals surface area contributed by atoms with Gasteiger partial charge in [-0.3, -0.25) is 19.3 Å². The van der Waals surface area contributed by atoms with Gasteiger partial charge in [0, 0.05) is 19.8 Å².